The van der Waals surface area contributed by atoms with Gasteiger partial charge >= 0.3 is 6.09 Å². The zero-order chi connectivity index (χ0) is 18.3. The third kappa shape index (κ3) is 7.53. The van der Waals surface area contributed by atoms with Crippen LogP contribution < -0.4 is 10.6 Å². The van der Waals surface area contributed by atoms with Crippen LogP contribution in [0.4, 0.5) is 4.79 Å². The van der Waals surface area contributed by atoms with Crippen molar-refractivity contribution < 1.29 is 14.3 Å². The molecule has 1 aliphatic carbocycles. The molecule has 0 radical (unpaired) electrons. The Labute approximate surface area is 153 Å². The molecule has 2 N–H and O–H groups in total. The molecule has 1 aliphatic heterocycles. The molecule has 25 heavy (non-hydrogen) atoms. The van der Waals surface area contributed by atoms with Gasteiger partial charge in [-0.1, -0.05) is 26.2 Å². The monoisotopic (exact) mass is 354 g/mol. The predicted octanol–water partition coefficient (Wildman–Crippen LogP) is 4.01. The highest BCUT2D eigenvalue weighted by Crippen LogP contribution is 2.27. The molecule has 0 aromatic heterocycles. The van der Waals surface area contributed by atoms with Gasteiger partial charge in [0, 0.05) is 25.2 Å². The van der Waals surface area contributed by atoms with Gasteiger partial charge in [0.2, 0.25) is 0 Å². The molecular weight excluding hydrogens is 316 g/mol. The smallest absolute Gasteiger partial charge is 0.407 e. The zero-order valence-electron chi connectivity index (χ0n) is 16.6. The first-order chi connectivity index (χ1) is 11.9. The second-order valence-electron chi connectivity index (χ2n) is 8.68. The number of carbonyl (C=O) groups excluding carboxylic acids is 1. The van der Waals surface area contributed by atoms with Gasteiger partial charge in [-0.25, -0.2) is 4.79 Å². The molecule has 0 spiro atoms. The summed E-state index contributed by atoms with van der Waals surface area (Å²) in [5.41, 5.74) is -0.451. The third-order valence-electron chi connectivity index (χ3n) is 5.36. The number of ether oxygens (including phenoxy) is 2. The van der Waals surface area contributed by atoms with E-state index in [1.807, 2.05) is 20.8 Å². The minimum atomic E-state index is -0.451. The number of rotatable bonds is 6. The number of carbonyl (C=O) groups is 1. The molecule has 2 aliphatic rings. The summed E-state index contributed by atoms with van der Waals surface area (Å²) in [5.74, 6) is 0.645. The predicted molar refractivity (Wildman–Crippen MR) is 101 cm³/mol. The number of amides is 1. The Morgan fingerprint density at radius 1 is 1.20 bits per heavy atom. The fraction of sp³-hybridized carbons (Fsp3) is 0.950. The summed E-state index contributed by atoms with van der Waals surface area (Å²) in [4.78, 5) is 12.1. The van der Waals surface area contributed by atoms with E-state index in [2.05, 4.69) is 17.6 Å². The van der Waals surface area contributed by atoms with Crippen LogP contribution in [-0.2, 0) is 9.47 Å². The summed E-state index contributed by atoms with van der Waals surface area (Å²) < 4.78 is 11.2. The van der Waals surface area contributed by atoms with E-state index >= 15 is 0 Å². The Morgan fingerprint density at radius 2 is 1.92 bits per heavy atom. The molecule has 2 rings (SSSR count). The van der Waals surface area contributed by atoms with Crippen molar-refractivity contribution in [2.45, 2.75) is 103 Å². The van der Waals surface area contributed by atoms with Crippen molar-refractivity contribution in [2.75, 3.05) is 13.2 Å². The normalized spacial score (nSPS) is 26.9. The number of hydrogen-bond acceptors (Lipinski definition) is 4. The van der Waals surface area contributed by atoms with Gasteiger partial charge in [0.15, 0.2) is 0 Å². The van der Waals surface area contributed by atoms with Crippen molar-refractivity contribution in [1.82, 2.24) is 10.6 Å². The van der Waals surface area contributed by atoms with Gasteiger partial charge in [0.25, 0.3) is 0 Å². The Balaban J connectivity index is 1.89. The highest BCUT2D eigenvalue weighted by Gasteiger charge is 2.29. The van der Waals surface area contributed by atoms with E-state index in [1.54, 1.807) is 0 Å². The average Bonchev–Trinajstić information content (AvgIpc) is 2.58. The number of hydrogen-bond donors (Lipinski definition) is 2. The molecule has 146 valence electrons. The molecule has 0 aromatic carbocycles. The van der Waals surface area contributed by atoms with Crippen molar-refractivity contribution in [1.29, 1.82) is 0 Å². The van der Waals surface area contributed by atoms with E-state index in [9.17, 15) is 4.79 Å². The minimum absolute atomic E-state index is 0.312. The van der Waals surface area contributed by atoms with Crippen LogP contribution in [0.25, 0.3) is 0 Å². The van der Waals surface area contributed by atoms with Crippen LogP contribution >= 0.6 is 0 Å². The van der Waals surface area contributed by atoms with Crippen LogP contribution in [0, 0.1) is 5.92 Å². The first-order valence-electron chi connectivity index (χ1n) is 10.2. The third-order valence-corrected chi connectivity index (χ3v) is 5.36. The van der Waals surface area contributed by atoms with E-state index in [0.29, 0.717) is 30.7 Å². The molecule has 5 heteroatoms. The molecular formula is C20H38N2O3. The fourth-order valence-corrected chi connectivity index (χ4v) is 4.02. The van der Waals surface area contributed by atoms with Crippen LogP contribution in [0.5, 0.6) is 0 Å². The fourth-order valence-electron chi connectivity index (χ4n) is 4.02. The molecule has 1 saturated carbocycles. The Kier molecular flexibility index (Phi) is 8.01. The Morgan fingerprint density at radius 3 is 2.56 bits per heavy atom. The van der Waals surface area contributed by atoms with Gasteiger partial charge in [-0.3, -0.25) is 0 Å². The average molecular weight is 355 g/mol. The van der Waals surface area contributed by atoms with Gasteiger partial charge in [0.05, 0.1) is 6.10 Å². The molecule has 1 amide bonds. The summed E-state index contributed by atoms with van der Waals surface area (Å²) in [7, 11) is 0. The number of nitrogens with one attached hydrogen (secondary N) is 2. The van der Waals surface area contributed by atoms with Crippen molar-refractivity contribution in [3.05, 3.63) is 0 Å². The van der Waals surface area contributed by atoms with Crippen molar-refractivity contribution >= 4 is 6.09 Å². The van der Waals surface area contributed by atoms with Gasteiger partial charge in [0.1, 0.15) is 5.60 Å². The topological polar surface area (TPSA) is 59.6 Å². The van der Waals surface area contributed by atoms with Gasteiger partial charge in [-0.15, -0.1) is 0 Å². The van der Waals surface area contributed by atoms with E-state index in [-0.39, 0.29) is 6.09 Å². The lowest BCUT2D eigenvalue weighted by atomic mass is 9.83. The number of alkyl carbamates (subject to hydrolysis) is 1. The van der Waals surface area contributed by atoms with E-state index in [0.717, 1.165) is 25.9 Å². The summed E-state index contributed by atoms with van der Waals surface area (Å²) in [6.45, 7) is 9.37. The first kappa shape index (κ1) is 20.5. The lowest BCUT2D eigenvalue weighted by Crippen LogP contribution is -2.52. The lowest BCUT2D eigenvalue weighted by molar-refractivity contribution is -0.00404. The zero-order valence-corrected chi connectivity index (χ0v) is 16.6. The molecule has 0 bridgehead atoms. The van der Waals surface area contributed by atoms with E-state index < -0.39 is 5.60 Å². The van der Waals surface area contributed by atoms with Crippen LogP contribution in [-0.4, -0.2) is 43.0 Å². The largest absolute Gasteiger partial charge is 0.444 e. The van der Waals surface area contributed by atoms with E-state index in [1.165, 1.54) is 32.1 Å². The Hall–Kier alpha value is -0.810. The minimum Gasteiger partial charge on any atom is -0.444 e. The van der Waals surface area contributed by atoms with Crippen molar-refractivity contribution in [3.8, 4) is 0 Å². The molecule has 0 aromatic rings. The SMILES string of the molecule is CCC1CC(NC(CNC(=O)OC(C)(C)C)C2CCCCC2)CCO1. The summed E-state index contributed by atoms with van der Waals surface area (Å²) in [6, 6.07) is 0.819. The summed E-state index contributed by atoms with van der Waals surface area (Å²) in [6.07, 6.45) is 9.74. The van der Waals surface area contributed by atoms with Crippen LogP contribution in [0.2, 0.25) is 0 Å². The van der Waals surface area contributed by atoms with Gasteiger partial charge in [-0.05, 0) is 58.8 Å². The van der Waals surface area contributed by atoms with Crippen LogP contribution in [0.1, 0.15) is 79.1 Å². The molecule has 3 unspecified atom stereocenters. The van der Waals surface area contributed by atoms with Crippen LogP contribution in [0.15, 0.2) is 0 Å². The quantitative estimate of drug-likeness (QED) is 0.757. The van der Waals surface area contributed by atoms with Gasteiger partial charge in [-0.2, -0.15) is 0 Å². The Bertz CT molecular complexity index is 402. The second-order valence-corrected chi connectivity index (χ2v) is 8.68. The second kappa shape index (κ2) is 9.77. The van der Waals surface area contributed by atoms with Crippen LogP contribution in [0.3, 0.4) is 0 Å². The molecule has 1 heterocycles. The summed E-state index contributed by atoms with van der Waals surface area (Å²) >= 11 is 0. The summed E-state index contributed by atoms with van der Waals surface area (Å²) in [5, 5.41) is 6.85. The maximum atomic E-state index is 12.1. The van der Waals surface area contributed by atoms with E-state index in [4.69, 9.17) is 9.47 Å². The highest BCUT2D eigenvalue weighted by atomic mass is 16.6. The molecule has 2 fully saturated rings. The molecule has 1 saturated heterocycles. The highest BCUT2D eigenvalue weighted by molar-refractivity contribution is 5.67. The standard InChI is InChI=1S/C20H38N2O3/c1-5-17-13-16(11-12-24-17)22-18(15-9-7-6-8-10-15)14-21-19(23)25-20(2,3)4/h15-18,22H,5-14H2,1-4H3,(H,21,23). The lowest BCUT2D eigenvalue weighted by Gasteiger charge is -2.37. The van der Waals surface area contributed by atoms with Crippen molar-refractivity contribution in [2.24, 2.45) is 5.92 Å². The first-order valence-corrected chi connectivity index (χ1v) is 10.2. The van der Waals surface area contributed by atoms with Gasteiger partial charge < -0.3 is 20.1 Å². The molecule has 5 nitrogen and oxygen atoms in total. The maximum Gasteiger partial charge on any atom is 0.407 e. The van der Waals surface area contributed by atoms with Crippen molar-refractivity contribution in [3.63, 3.8) is 0 Å². The maximum absolute atomic E-state index is 12.1. The molecule has 3 atom stereocenters.